The molecule has 3 nitrogen and oxygen atoms in total. The van der Waals surface area contributed by atoms with Crippen molar-refractivity contribution in [2.24, 2.45) is 0 Å². The van der Waals surface area contributed by atoms with E-state index in [1.807, 2.05) is 0 Å². The molecule has 2 aromatic rings. The zero-order valence-electron chi connectivity index (χ0n) is 11.2. The summed E-state index contributed by atoms with van der Waals surface area (Å²) in [4.78, 5) is 5.99. The highest BCUT2D eigenvalue weighted by Gasteiger charge is 2.23. The number of hydrogen-bond acceptors (Lipinski definition) is 2. The van der Waals surface area contributed by atoms with E-state index in [4.69, 9.17) is 0 Å². The molecule has 1 aliphatic rings. The van der Waals surface area contributed by atoms with E-state index in [2.05, 4.69) is 53.4 Å². The van der Waals surface area contributed by atoms with Crippen LogP contribution < -0.4 is 5.32 Å². The summed E-state index contributed by atoms with van der Waals surface area (Å²) in [7, 11) is 2.24. The molecule has 1 aromatic heterocycles. The molecule has 0 bridgehead atoms. The number of para-hydroxylation sites is 1. The molecule has 0 spiro atoms. The van der Waals surface area contributed by atoms with Gasteiger partial charge in [0.1, 0.15) is 0 Å². The first-order chi connectivity index (χ1) is 8.77. The zero-order chi connectivity index (χ0) is 12.5. The highest BCUT2D eigenvalue weighted by molar-refractivity contribution is 5.85. The lowest BCUT2D eigenvalue weighted by atomic mass is 10.0. The maximum atomic E-state index is 3.55. The average Bonchev–Trinajstić information content (AvgIpc) is 2.55. The maximum Gasteiger partial charge on any atom is 0.0493 e. The van der Waals surface area contributed by atoms with Crippen LogP contribution in [0, 0.1) is 6.92 Å². The van der Waals surface area contributed by atoms with Crippen molar-refractivity contribution in [1.82, 2.24) is 15.2 Å². The first-order valence-corrected chi connectivity index (χ1v) is 6.75. The molecule has 1 aromatic carbocycles. The Hall–Kier alpha value is -1.32. The van der Waals surface area contributed by atoms with E-state index < -0.39 is 0 Å². The van der Waals surface area contributed by atoms with Gasteiger partial charge in [0.2, 0.25) is 0 Å². The van der Waals surface area contributed by atoms with E-state index >= 15 is 0 Å². The number of benzene rings is 1. The van der Waals surface area contributed by atoms with Crippen molar-refractivity contribution in [1.29, 1.82) is 0 Å². The van der Waals surface area contributed by atoms with Crippen molar-refractivity contribution in [3.8, 4) is 0 Å². The second kappa shape index (κ2) is 4.75. The minimum absolute atomic E-state index is 0.476. The highest BCUT2D eigenvalue weighted by atomic mass is 15.2. The standard InChI is InChI=1S/C15H21N3/c1-11-15(12-6-3-4-7-13(12)17-11)14-10-16-8-5-9-18(14)2/h3-4,6-7,14,16-17H,5,8-10H2,1-2H3. The average molecular weight is 243 g/mol. The molecule has 1 fully saturated rings. The lowest BCUT2D eigenvalue weighted by Gasteiger charge is -2.26. The Labute approximate surface area is 108 Å². The Morgan fingerprint density at radius 2 is 2.11 bits per heavy atom. The fourth-order valence-corrected chi connectivity index (χ4v) is 3.05. The molecule has 2 heterocycles. The van der Waals surface area contributed by atoms with Gasteiger partial charge in [0.15, 0.2) is 0 Å². The Balaban J connectivity index is 2.09. The van der Waals surface area contributed by atoms with E-state index in [0.29, 0.717) is 6.04 Å². The summed E-state index contributed by atoms with van der Waals surface area (Å²) in [5, 5.41) is 4.92. The normalized spacial score (nSPS) is 22.2. The largest absolute Gasteiger partial charge is 0.358 e. The van der Waals surface area contributed by atoms with Gasteiger partial charge in [-0.25, -0.2) is 0 Å². The van der Waals surface area contributed by atoms with Crippen molar-refractivity contribution in [3.05, 3.63) is 35.5 Å². The van der Waals surface area contributed by atoms with Gasteiger partial charge in [-0.1, -0.05) is 18.2 Å². The fourth-order valence-electron chi connectivity index (χ4n) is 3.05. The van der Waals surface area contributed by atoms with Crippen LogP contribution in [0.4, 0.5) is 0 Å². The zero-order valence-corrected chi connectivity index (χ0v) is 11.2. The second-order valence-corrected chi connectivity index (χ2v) is 5.26. The van der Waals surface area contributed by atoms with Crippen molar-refractivity contribution in [2.75, 3.05) is 26.7 Å². The molecule has 2 N–H and O–H groups in total. The van der Waals surface area contributed by atoms with Crippen LogP contribution in [0.15, 0.2) is 24.3 Å². The number of aromatic amines is 1. The van der Waals surface area contributed by atoms with E-state index in [1.165, 1.54) is 28.6 Å². The first kappa shape index (κ1) is 11.8. The molecular weight excluding hydrogens is 222 g/mol. The van der Waals surface area contributed by atoms with Crippen LogP contribution in [0.5, 0.6) is 0 Å². The Kier molecular flexibility index (Phi) is 3.10. The summed E-state index contributed by atoms with van der Waals surface area (Å²) < 4.78 is 0. The summed E-state index contributed by atoms with van der Waals surface area (Å²) >= 11 is 0. The summed E-state index contributed by atoms with van der Waals surface area (Å²) in [6, 6.07) is 9.09. The third kappa shape index (κ3) is 1.93. The molecular formula is C15H21N3. The molecule has 96 valence electrons. The number of nitrogens with zero attached hydrogens (tertiary/aromatic N) is 1. The van der Waals surface area contributed by atoms with Crippen LogP contribution in [-0.4, -0.2) is 36.6 Å². The highest BCUT2D eigenvalue weighted by Crippen LogP contribution is 2.31. The molecule has 0 saturated carbocycles. The number of aromatic nitrogens is 1. The van der Waals surface area contributed by atoms with Crippen LogP contribution in [0.1, 0.15) is 23.7 Å². The maximum absolute atomic E-state index is 3.55. The quantitative estimate of drug-likeness (QED) is 0.806. The smallest absolute Gasteiger partial charge is 0.0493 e. The van der Waals surface area contributed by atoms with Crippen molar-refractivity contribution in [3.63, 3.8) is 0 Å². The summed E-state index contributed by atoms with van der Waals surface area (Å²) in [6.07, 6.45) is 1.23. The lowest BCUT2D eigenvalue weighted by molar-refractivity contribution is 0.262. The van der Waals surface area contributed by atoms with Crippen LogP contribution in [0.3, 0.4) is 0 Å². The summed E-state index contributed by atoms with van der Waals surface area (Å²) in [5.41, 5.74) is 4.02. The van der Waals surface area contributed by atoms with Gasteiger partial charge >= 0.3 is 0 Å². The molecule has 1 atom stereocenters. The second-order valence-electron chi connectivity index (χ2n) is 5.26. The van der Waals surface area contributed by atoms with Crippen LogP contribution >= 0.6 is 0 Å². The summed E-state index contributed by atoms with van der Waals surface area (Å²) in [5.74, 6) is 0. The predicted octanol–water partition coefficient (Wildman–Crippen LogP) is 2.44. The van der Waals surface area contributed by atoms with Gasteiger partial charge in [-0.05, 0) is 45.1 Å². The number of aryl methyl sites for hydroxylation is 1. The van der Waals surface area contributed by atoms with Crippen LogP contribution in [0.2, 0.25) is 0 Å². The first-order valence-electron chi connectivity index (χ1n) is 6.75. The topological polar surface area (TPSA) is 31.1 Å². The number of fused-ring (bicyclic) bond motifs is 1. The van der Waals surface area contributed by atoms with Gasteiger partial charge < -0.3 is 10.3 Å². The van der Waals surface area contributed by atoms with Gasteiger partial charge in [-0.15, -0.1) is 0 Å². The van der Waals surface area contributed by atoms with Crippen molar-refractivity contribution < 1.29 is 0 Å². The van der Waals surface area contributed by atoms with Crippen molar-refractivity contribution >= 4 is 10.9 Å². The molecule has 3 heteroatoms. The monoisotopic (exact) mass is 243 g/mol. The van der Waals surface area contributed by atoms with Gasteiger partial charge in [0.05, 0.1) is 0 Å². The Morgan fingerprint density at radius 3 is 3.00 bits per heavy atom. The number of nitrogens with one attached hydrogen (secondary N) is 2. The van der Waals surface area contributed by atoms with Crippen molar-refractivity contribution in [2.45, 2.75) is 19.4 Å². The third-order valence-electron chi connectivity index (χ3n) is 4.01. The molecule has 0 amide bonds. The van der Waals surface area contributed by atoms with Gasteiger partial charge in [-0.2, -0.15) is 0 Å². The Morgan fingerprint density at radius 1 is 1.28 bits per heavy atom. The van der Waals surface area contributed by atoms with Gasteiger partial charge in [0, 0.05) is 29.2 Å². The molecule has 1 saturated heterocycles. The third-order valence-corrected chi connectivity index (χ3v) is 4.01. The molecule has 3 rings (SSSR count). The molecule has 0 radical (unpaired) electrons. The SMILES string of the molecule is Cc1[nH]c2ccccc2c1C1CNCCCN1C. The molecule has 1 aliphatic heterocycles. The number of hydrogen-bond donors (Lipinski definition) is 2. The minimum atomic E-state index is 0.476. The number of rotatable bonds is 1. The molecule has 0 aliphatic carbocycles. The summed E-state index contributed by atoms with van der Waals surface area (Å²) in [6.45, 7) is 5.52. The predicted molar refractivity (Wildman–Crippen MR) is 75.9 cm³/mol. The Bertz CT molecular complexity index is 544. The van der Waals surface area contributed by atoms with Crippen LogP contribution in [-0.2, 0) is 0 Å². The molecule has 1 unspecified atom stereocenters. The van der Waals surface area contributed by atoms with E-state index in [1.54, 1.807) is 0 Å². The van der Waals surface area contributed by atoms with Gasteiger partial charge in [-0.3, -0.25) is 4.90 Å². The number of likely N-dealkylation sites (N-methyl/N-ethyl adjacent to an activating group) is 1. The van der Waals surface area contributed by atoms with E-state index in [9.17, 15) is 0 Å². The van der Waals surface area contributed by atoms with Gasteiger partial charge in [0.25, 0.3) is 0 Å². The number of H-pyrrole nitrogens is 1. The molecule has 18 heavy (non-hydrogen) atoms. The van der Waals surface area contributed by atoms with E-state index in [0.717, 1.165) is 19.6 Å². The lowest BCUT2D eigenvalue weighted by Crippen LogP contribution is -2.29. The fraction of sp³-hybridized carbons (Fsp3) is 0.467. The minimum Gasteiger partial charge on any atom is -0.358 e. The van der Waals surface area contributed by atoms with Crippen LogP contribution in [0.25, 0.3) is 10.9 Å². The van der Waals surface area contributed by atoms with E-state index in [-0.39, 0.29) is 0 Å².